The van der Waals surface area contributed by atoms with Gasteiger partial charge >= 0.3 is 0 Å². The Morgan fingerprint density at radius 3 is 2.65 bits per heavy atom. The van der Waals surface area contributed by atoms with Crippen LogP contribution in [0, 0.1) is 13.8 Å². The molecular formula is C10H16N2O4S. The van der Waals surface area contributed by atoms with Gasteiger partial charge in [-0.25, -0.2) is 8.42 Å². The molecule has 1 aliphatic rings. The quantitative estimate of drug-likeness (QED) is 0.782. The van der Waals surface area contributed by atoms with E-state index < -0.39 is 10.0 Å². The lowest BCUT2D eigenvalue weighted by atomic mass is 10.3. The number of rotatable bonds is 2. The molecule has 0 aromatic carbocycles. The molecule has 1 aromatic rings. The third-order valence-electron chi connectivity index (χ3n) is 2.77. The second-order valence-electron chi connectivity index (χ2n) is 4.20. The van der Waals surface area contributed by atoms with Gasteiger partial charge in [0.05, 0.1) is 12.7 Å². The van der Waals surface area contributed by atoms with E-state index in [1.807, 2.05) is 6.92 Å². The van der Waals surface area contributed by atoms with Crippen molar-refractivity contribution in [2.75, 3.05) is 19.7 Å². The number of morpholine rings is 1. The third-order valence-corrected chi connectivity index (χ3v) is 4.88. The van der Waals surface area contributed by atoms with Crippen LogP contribution in [0.4, 0.5) is 0 Å². The van der Waals surface area contributed by atoms with Crippen LogP contribution in [0.25, 0.3) is 0 Å². The molecule has 1 aromatic heterocycles. The molecule has 0 saturated carbocycles. The van der Waals surface area contributed by atoms with Crippen molar-refractivity contribution < 1.29 is 17.7 Å². The summed E-state index contributed by atoms with van der Waals surface area (Å²) in [5.74, 6) is 0.335. The first kappa shape index (κ1) is 12.5. The molecule has 1 atom stereocenters. The Labute approximate surface area is 101 Å². The zero-order valence-corrected chi connectivity index (χ0v) is 11.0. The number of hydrogen-bond donors (Lipinski definition) is 0. The number of sulfonamides is 1. The molecule has 6 nitrogen and oxygen atoms in total. The predicted molar refractivity (Wildman–Crippen MR) is 60.1 cm³/mol. The second-order valence-corrected chi connectivity index (χ2v) is 6.07. The average Bonchev–Trinajstić information content (AvgIpc) is 2.59. The van der Waals surface area contributed by atoms with E-state index in [-0.39, 0.29) is 11.0 Å². The highest BCUT2D eigenvalue weighted by Crippen LogP contribution is 2.24. The molecular weight excluding hydrogens is 244 g/mol. The zero-order chi connectivity index (χ0) is 12.6. The molecule has 0 amide bonds. The molecule has 1 fully saturated rings. The average molecular weight is 260 g/mol. The fourth-order valence-electron chi connectivity index (χ4n) is 1.98. The van der Waals surface area contributed by atoms with Gasteiger partial charge in [0, 0.05) is 13.1 Å². The Morgan fingerprint density at radius 1 is 1.41 bits per heavy atom. The first-order chi connectivity index (χ1) is 7.93. The first-order valence-corrected chi connectivity index (χ1v) is 6.91. The van der Waals surface area contributed by atoms with Gasteiger partial charge in [-0.05, 0) is 20.8 Å². The molecule has 0 radical (unpaired) electrons. The highest BCUT2D eigenvalue weighted by Gasteiger charge is 2.33. The van der Waals surface area contributed by atoms with Gasteiger partial charge in [-0.1, -0.05) is 5.16 Å². The van der Waals surface area contributed by atoms with Crippen LogP contribution in [0.3, 0.4) is 0 Å². The molecule has 0 aliphatic carbocycles. The lowest BCUT2D eigenvalue weighted by molar-refractivity contribution is 0.0101. The van der Waals surface area contributed by atoms with Gasteiger partial charge in [0.15, 0.2) is 5.76 Å². The van der Waals surface area contributed by atoms with Crippen molar-refractivity contribution in [3.63, 3.8) is 0 Å². The SMILES string of the molecule is Cc1noc(C)c1S(=O)(=O)N1CCO[C@H](C)C1. The molecule has 1 aliphatic heterocycles. The maximum atomic E-state index is 12.4. The second kappa shape index (κ2) is 4.40. The maximum Gasteiger partial charge on any atom is 0.248 e. The van der Waals surface area contributed by atoms with Gasteiger partial charge in [0.25, 0.3) is 0 Å². The van der Waals surface area contributed by atoms with Gasteiger partial charge in [0.1, 0.15) is 10.6 Å². The minimum atomic E-state index is -3.52. The van der Waals surface area contributed by atoms with E-state index in [1.54, 1.807) is 13.8 Å². The molecule has 96 valence electrons. The minimum Gasteiger partial charge on any atom is -0.376 e. The monoisotopic (exact) mass is 260 g/mol. The molecule has 7 heteroatoms. The van der Waals surface area contributed by atoms with Crippen molar-refractivity contribution in [1.29, 1.82) is 0 Å². The van der Waals surface area contributed by atoms with E-state index in [1.165, 1.54) is 4.31 Å². The van der Waals surface area contributed by atoms with Crippen LogP contribution in [-0.2, 0) is 14.8 Å². The van der Waals surface area contributed by atoms with Gasteiger partial charge < -0.3 is 9.26 Å². The first-order valence-electron chi connectivity index (χ1n) is 5.47. The fourth-order valence-corrected chi connectivity index (χ4v) is 3.77. The van der Waals surface area contributed by atoms with Crippen molar-refractivity contribution in [3.8, 4) is 0 Å². The van der Waals surface area contributed by atoms with Crippen LogP contribution >= 0.6 is 0 Å². The zero-order valence-electron chi connectivity index (χ0n) is 10.1. The smallest absolute Gasteiger partial charge is 0.248 e. The van der Waals surface area contributed by atoms with Crippen LogP contribution in [-0.4, -0.2) is 43.7 Å². The Morgan fingerprint density at radius 2 is 2.12 bits per heavy atom. The molecule has 0 unspecified atom stereocenters. The molecule has 0 bridgehead atoms. The number of aromatic nitrogens is 1. The van der Waals surface area contributed by atoms with Crippen molar-refractivity contribution >= 4 is 10.0 Å². The summed E-state index contributed by atoms with van der Waals surface area (Å²) in [5, 5.41) is 3.68. The topological polar surface area (TPSA) is 72.6 Å². The molecule has 1 saturated heterocycles. The van der Waals surface area contributed by atoms with Gasteiger partial charge in [-0.3, -0.25) is 0 Å². The Hall–Kier alpha value is -0.920. The minimum absolute atomic E-state index is 0.0843. The Bertz CT molecular complexity index is 489. The van der Waals surface area contributed by atoms with Gasteiger partial charge in [-0.2, -0.15) is 4.31 Å². The number of hydrogen-bond acceptors (Lipinski definition) is 5. The summed E-state index contributed by atoms with van der Waals surface area (Å²) in [5.41, 5.74) is 0.404. The highest BCUT2D eigenvalue weighted by molar-refractivity contribution is 7.89. The van der Waals surface area contributed by atoms with Gasteiger partial charge in [0.2, 0.25) is 10.0 Å². The molecule has 0 spiro atoms. The van der Waals surface area contributed by atoms with Crippen molar-refractivity contribution in [2.24, 2.45) is 0 Å². The van der Waals surface area contributed by atoms with Crippen LogP contribution in [0.15, 0.2) is 9.42 Å². The van der Waals surface area contributed by atoms with Crippen LogP contribution in [0.1, 0.15) is 18.4 Å². The maximum absolute atomic E-state index is 12.4. The molecule has 2 heterocycles. The van der Waals surface area contributed by atoms with Crippen LogP contribution in [0.5, 0.6) is 0 Å². The largest absolute Gasteiger partial charge is 0.376 e. The predicted octanol–water partition coefficient (Wildman–Crippen LogP) is 0.701. The van der Waals surface area contributed by atoms with Crippen molar-refractivity contribution in [3.05, 3.63) is 11.5 Å². The number of aryl methyl sites for hydroxylation is 2. The summed E-state index contributed by atoms with van der Waals surface area (Å²) in [6, 6.07) is 0. The fraction of sp³-hybridized carbons (Fsp3) is 0.700. The molecule has 2 rings (SSSR count). The summed E-state index contributed by atoms with van der Waals surface area (Å²) in [4.78, 5) is 0.187. The van der Waals surface area contributed by atoms with E-state index in [2.05, 4.69) is 5.16 Å². The van der Waals surface area contributed by atoms with Crippen LogP contribution in [0.2, 0.25) is 0 Å². The van der Waals surface area contributed by atoms with Crippen LogP contribution < -0.4 is 0 Å². The summed E-state index contributed by atoms with van der Waals surface area (Å²) in [6.07, 6.45) is -0.0843. The summed E-state index contributed by atoms with van der Waals surface area (Å²) in [7, 11) is -3.52. The number of nitrogens with zero attached hydrogens (tertiary/aromatic N) is 2. The summed E-state index contributed by atoms with van der Waals surface area (Å²) in [6.45, 7) is 6.26. The van der Waals surface area contributed by atoms with Crippen molar-refractivity contribution in [2.45, 2.75) is 31.8 Å². The van der Waals surface area contributed by atoms with E-state index in [9.17, 15) is 8.42 Å². The van der Waals surface area contributed by atoms with E-state index in [0.717, 1.165) is 0 Å². The van der Waals surface area contributed by atoms with E-state index in [4.69, 9.17) is 9.26 Å². The third kappa shape index (κ3) is 2.22. The Balaban J connectivity index is 2.36. The summed E-state index contributed by atoms with van der Waals surface area (Å²) < 4.78 is 36.5. The molecule has 0 N–H and O–H groups in total. The lowest BCUT2D eigenvalue weighted by Crippen LogP contribution is -2.44. The Kier molecular flexibility index (Phi) is 3.24. The molecule has 17 heavy (non-hydrogen) atoms. The number of ether oxygens (including phenoxy) is 1. The van der Waals surface area contributed by atoms with Gasteiger partial charge in [-0.15, -0.1) is 0 Å². The standard InChI is InChI=1S/C10H16N2O4S/c1-7-6-12(4-5-15-7)17(13,14)10-8(2)11-16-9(10)3/h7H,4-6H2,1-3H3/t7-/m1/s1. The lowest BCUT2D eigenvalue weighted by Gasteiger charge is -2.30. The summed E-state index contributed by atoms with van der Waals surface area (Å²) >= 11 is 0. The normalized spacial score (nSPS) is 22.9. The van der Waals surface area contributed by atoms with E-state index in [0.29, 0.717) is 31.2 Å². The van der Waals surface area contributed by atoms with E-state index >= 15 is 0 Å². The van der Waals surface area contributed by atoms with Crippen molar-refractivity contribution in [1.82, 2.24) is 9.46 Å². The highest BCUT2D eigenvalue weighted by atomic mass is 32.2.